The summed E-state index contributed by atoms with van der Waals surface area (Å²) in [7, 11) is 0. The molecule has 0 aromatic heterocycles. The number of benzene rings is 1. The van der Waals surface area contributed by atoms with Crippen molar-refractivity contribution >= 4 is 0 Å². The van der Waals surface area contributed by atoms with Crippen LogP contribution < -0.4 is 5.32 Å². The van der Waals surface area contributed by atoms with E-state index in [9.17, 15) is 13.2 Å². The maximum Gasteiger partial charge on any atom is 0.416 e. The Bertz CT molecular complexity index is 490. The molecule has 1 atom stereocenters. The molecule has 3 nitrogen and oxygen atoms in total. The van der Waals surface area contributed by atoms with E-state index in [-0.39, 0.29) is 0 Å². The molecule has 0 radical (unpaired) electrons. The smallest absolute Gasteiger partial charge is 0.315 e. The van der Waals surface area contributed by atoms with Crippen molar-refractivity contribution in [3.63, 3.8) is 0 Å². The van der Waals surface area contributed by atoms with E-state index in [1.165, 1.54) is 18.6 Å². The van der Waals surface area contributed by atoms with Crippen LogP contribution >= 0.6 is 0 Å². The lowest BCUT2D eigenvalue weighted by Crippen LogP contribution is -2.50. The molecule has 122 valence electrons. The summed E-state index contributed by atoms with van der Waals surface area (Å²) in [4.78, 5) is 4.59. The maximum absolute atomic E-state index is 13.0. The van der Waals surface area contributed by atoms with Gasteiger partial charge in [0.05, 0.1) is 5.56 Å². The van der Waals surface area contributed by atoms with Gasteiger partial charge in [-0.05, 0) is 24.6 Å². The molecule has 2 heterocycles. The third-order valence-electron chi connectivity index (χ3n) is 4.67. The van der Waals surface area contributed by atoms with Crippen LogP contribution in [0.4, 0.5) is 13.2 Å². The summed E-state index contributed by atoms with van der Waals surface area (Å²) in [5.74, 6) is 0. The first kappa shape index (κ1) is 15.8. The molecule has 3 rings (SSSR count). The quantitative estimate of drug-likeness (QED) is 0.923. The van der Waals surface area contributed by atoms with Gasteiger partial charge < -0.3 is 5.32 Å². The Morgan fingerprint density at radius 3 is 2.45 bits per heavy atom. The summed E-state index contributed by atoms with van der Waals surface area (Å²) < 4.78 is 39.1. The zero-order chi connectivity index (χ0) is 15.6. The minimum absolute atomic E-state index is 0.381. The number of hydrogen-bond acceptors (Lipinski definition) is 3. The molecule has 0 saturated carbocycles. The zero-order valence-corrected chi connectivity index (χ0v) is 12.6. The highest BCUT2D eigenvalue weighted by atomic mass is 19.4. The summed E-state index contributed by atoms with van der Waals surface area (Å²) in [6.07, 6.45) is -3.09. The van der Waals surface area contributed by atoms with E-state index < -0.39 is 11.7 Å². The van der Waals surface area contributed by atoms with E-state index in [4.69, 9.17) is 0 Å². The molecule has 2 saturated heterocycles. The van der Waals surface area contributed by atoms with Crippen molar-refractivity contribution in [2.75, 3.05) is 39.3 Å². The molecule has 0 aliphatic carbocycles. The number of alkyl halides is 3. The first-order valence-corrected chi connectivity index (χ1v) is 7.86. The van der Waals surface area contributed by atoms with Gasteiger partial charge in [0.1, 0.15) is 0 Å². The van der Waals surface area contributed by atoms with Crippen molar-refractivity contribution in [1.82, 2.24) is 15.1 Å². The van der Waals surface area contributed by atoms with Crippen LogP contribution in [0.1, 0.15) is 17.5 Å². The summed E-state index contributed by atoms with van der Waals surface area (Å²) >= 11 is 0. The molecule has 2 aliphatic heterocycles. The minimum atomic E-state index is -4.27. The van der Waals surface area contributed by atoms with Crippen LogP contribution in [-0.4, -0.2) is 55.1 Å². The number of hydrogen-bond donors (Lipinski definition) is 1. The van der Waals surface area contributed by atoms with Gasteiger partial charge in [-0.3, -0.25) is 9.80 Å². The Balaban J connectivity index is 1.59. The molecule has 2 aliphatic rings. The number of rotatable bonds is 3. The monoisotopic (exact) mass is 313 g/mol. The first-order chi connectivity index (χ1) is 10.5. The van der Waals surface area contributed by atoms with Gasteiger partial charge in [0.25, 0.3) is 0 Å². The predicted octanol–water partition coefficient (Wildman–Crippen LogP) is 2.18. The van der Waals surface area contributed by atoms with Gasteiger partial charge in [-0.1, -0.05) is 18.2 Å². The summed E-state index contributed by atoms with van der Waals surface area (Å²) in [6, 6.07) is 6.51. The van der Waals surface area contributed by atoms with Crippen LogP contribution in [0.3, 0.4) is 0 Å². The van der Waals surface area contributed by atoms with E-state index in [1.807, 2.05) is 0 Å². The highest BCUT2D eigenvalue weighted by Gasteiger charge is 2.33. The van der Waals surface area contributed by atoms with E-state index in [0.717, 1.165) is 39.3 Å². The lowest BCUT2D eigenvalue weighted by molar-refractivity contribution is -0.138. The van der Waals surface area contributed by atoms with Crippen LogP contribution in [0.15, 0.2) is 24.3 Å². The predicted molar refractivity (Wildman–Crippen MR) is 79.6 cm³/mol. The second-order valence-corrected chi connectivity index (χ2v) is 6.11. The molecule has 0 unspecified atom stereocenters. The molecule has 0 amide bonds. The molecule has 1 aromatic rings. The van der Waals surface area contributed by atoms with Gasteiger partial charge in [0.2, 0.25) is 0 Å². The zero-order valence-electron chi connectivity index (χ0n) is 12.6. The Morgan fingerprint density at radius 2 is 1.82 bits per heavy atom. The summed E-state index contributed by atoms with van der Waals surface area (Å²) in [6.45, 7) is 6.06. The third kappa shape index (κ3) is 3.62. The highest BCUT2D eigenvalue weighted by Crippen LogP contribution is 2.32. The first-order valence-electron chi connectivity index (χ1n) is 7.86. The molecular weight excluding hydrogens is 291 g/mol. The van der Waals surface area contributed by atoms with Gasteiger partial charge >= 0.3 is 6.18 Å². The van der Waals surface area contributed by atoms with Gasteiger partial charge in [-0.2, -0.15) is 13.2 Å². The second kappa shape index (κ2) is 6.56. The maximum atomic E-state index is 13.0. The summed E-state index contributed by atoms with van der Waals surface area (Å²) in [5.41, 5.74) is -0.122. The normalized spacial score (nSPS) is 24.8. The van der Waals surface area contributed by atoms with Gasteiger partial charge in [-0.15, -0.1) is 0 Å². The Labute approximate surface area is 129 Å². The van der Waals surface area contributed by atoms with Crippen molar-refractivity contribution in [3.8, 4) is 0 Å². The van der Waals surface area contributed by atoms with E-state index >= 15 is 0 Å². The van der Waals surface area contributed by atoms with Crippen molar-refractivity contribution in [3.05, 3.63) is 35.4 Å². The molecule has 1 aromatic carbocycles. The molecule has 0 spiro atoms. The van der Waals surface area contributed by atoms with Crippen LogP contribution in [0.25, 0.3) is 0 Å². The number of nitrogens with one attached hydrogen (secondary N) is 1. The number of halogens is 3. The fourth-order valence-electron chi connectivity index (χ4n) is 3.41. The van der Waals surface area contributed by atoms with Crippen LogP contribution in [0.5, 0.6) is 0 Å². The van der Waals surface area contributed by atoms with E-state index in [0.29, 0.717) is 18.2 Å². The topological polar surface area (TPSA) is 18.5 Å². The van der Waals surface area contributed by atoms with Crippen molar-refractivity contribution < 1.29 is 13.2 Å². The van der Waals surface area contributed by atoms with Crippen LogP contribution in [0, 0.1) is 0 Å². The van der Waals surface area contributed by atoms with Crippen molar-refractivity contribution in [1.29, 1.82) is 0 Å². The molecule has 1 N–H and O–H groups in total. The molecule has 0 bridgehead atoms. The third-order valence-corrected chi connectivity index (χ3v) is 4.67. The SMILES string of the molecule is FC(F)(F)c1ccccc1CN1CCN([C@H]2CCNC2)CC1. The Morgan fingerprint density at radius 1 is 1.09 bits per heavy atom. The standard InChI is InChI=1S/C16H22F3N3/c17-16(18,19)15-4-2-1-3-13(15)12-21-7-9-22(10-8-21)14-5-6-20-11-14/h1-4,14,20H,5-12H2/t14-/m0/s1. The fourth-order valence-corrected chi connectivity index (χ4v) is 3.41. The average Bonchev–Trinajstić information content (AvgIpc) is 3.02. The van der Waals surface area contributed by atoms with E-state index in [1.54, 1.807) is 12.1 Å². The van der Waals surface area contributed by atoms with Gasteiger partial charge in [0, 0.05) is 45.3 Å². The van der Waals surface area contributed by atoms with E-state index in [2.05, 4.69) is 15.1 Å². The van der Waals surface area contributed by atoms with Crippen molar-refractivity contribution in [2.45, 2.75) is 25.2 Å². The average molecular weight is 313 g/mol. The van der Waals surface area contributed by atoms with Crippen molar-refractivity contribution in [2.24, 2.45) is 0 Å². The molecular formula is C16H22F3N3. The molecule has 6 heteroatoms. The van der Waals surface area contributed by atoms with Gasteiger partial charge in [-0.25, -0.2) is 0 Å². The van der Waals surface area contributed by atoms with Gasteiger partial charge in [0.15, 0.2) is 0 Å². The Kier molecular flexibility index (Phi) is 4.70. The number of piperazine rings is 1. The van der Waals surface area contributed by atoms with Crippen LogP contribution in [0.2, 0.25) is 0 Å². The Hall–Kier alpha value is -1.11. The lowest BCUT2D eigenvalue weighted by atomic mass is 10.1. The number of nitrogens with zero attached hydrogens (tertiary/aromatic N) is 2. The summed E-state index contributed by atoms with van der Waals surface area (Å²) in [5, 5.41) is 3.36. The second-order valence-electron chi connectivity index (χ2n) is 6.11. The highest BCUT2D eigenvalue weighted by molar-refractivity contribution is 5.29. The molecule has 2 fully saturated rings. The molecule has 22 heavy (non-hydrogen) atoms. The van der Waals surface area contributed by atoms with Crippen LogP contribution in [-0.2, 0) is 12.7 Å². The fraction of sp³-hybridized carbons (Fsp3) is 0.625. The largest absolute Gasteiger partial charge is 0.416 e. The lowest BCUT2D eigenvalue weighted by Gasteiger charge is -2.38. The minimum Gasteiger partial charge on any atom is -0.315 e.